The number of anilines is 1. The predicted molar refractivity (Wildman–Crippen MR) is 122 cm³/mol. The van der Waals surface area contributed by atoms with Crippen molar-refractivity contribution in [2.75, 3.05) is 17.7 Å². The van der Waals surface area contributed by atoms with E-state index in [2.05, 4.69) is 16.4 Å². The van der Waals surface area contributed by atoms with Crippen molar-refractivity contribution >= 4 is 56.6 Å². The molecule has 3 heterocycles. The van der Waals surface area contributed by atoms with Gasteiger partial charge in [-0.15, -0.1) is 11.3 Å². The average Bonchev–Trinajstić information content (AvgIpc) is 3.42. The van der Waals surface area contributed by atoms with E-state index >= 15 is 0 Å². The fraction of sp³-hybridized carbons (Fsp3) is 0.381. The molecule has 0 unspecified atom stereocenters. The first-order valence-corrected chi connectivity index (χ1v) is 11.8. The summed E-state index contributed by atoms with van der Waals surface area (Å²) >= 11 is 8.93. The fourth-order valence-electron chi connectivity index (χ4n) is 3.59. The van der Waals surface area contributed by atoms with Gasteiger partial charge in [0.05, 0.1) is 34.2 Å². The SMILES string of the molecule is Cc1c(C#N)c(NC(=O)CSc2nc3cc(Cl)ccc3s2)n(C[C@@H]2CCCO2)c1C. The second kappa shape index (κ2) is 8.98. The monoisotopic (exact) mass is 460 g/mol. The summed E-state index contributed by atoms with van der Waals surface area (Å²) < 4.78 is 9.61. The average molecular weight is 461 g/mol. The lowest BCUT2D eigenvalue weighted by atomic mass is 10.2. The largest absolute Gasteiger partial charge is 0.376 e. The third kappa shape index (κ3) is 4.35. The lowest BCUT2D eigenvalue weighted by Crippen LogP contribution is -2.22. The number of hydrogen-bond donors (Lipinski definition) is 1. The molecule has 0 radical (unpaired) electrons. The van der Waals surface area contributed by atoms with Gasteiger partial charge in [-0.1, -0.05) is 23.4 Å². The van der Waals surface area contributed by atoms with E-state index in [1.165, 1.54) is 23.1 Å². The number of ether oxygens (including phenoxy) is 1. The molecule has 2 aromatic heterocycles. The van der Waals surface area contributed by atoms with Crippen LogP contribution < -0.4 is 5.32 Å². The van der Waals surface area contributed by atoms with Crippen LogP contribution in [0.25, 0.3) is 10.2 Å². The number of thioether (sulfide) groups is 1. The number of carbonyl (C=O) groups is 1. The Morgan fingerprint density at radius 2 is 2.33 bits per heavy atom. The predicted octanol–water partition coefficient (Wildman–Crippen LogP) is 5.15. The Bertz CT molecular complexity index is 1140. The first-order chi connectivity index (χ1) is 14.5. The molecule has 3 aromatic rings. The third-order valence-corrected chi connectivity index (χ3v) is 7.68. The summed E-state index contributed by atoms with van der Waals surface area (Å²) in [4.78, 5) is 17.2. The second-order valence-electron chi connectivity index (χ2n) is 7.22. The molecule has 0 aliphatic carbocycles. The Morgan fingerprint density at radius 3 is 3.07 bits per heavy atom. The van der Waals surface area contributed by atoms with Gasteiger partial charge in [0.15, 0.2) is 4.34 Å². The van der Waals surface area contributed by atoms with Crippen LogP contribution in [-0.2, 0) is 16.1 Å². The first kappa shape index (κ1) is 21.2. The van der Waals surface area contributed by atoms with Gasteiger partial charge < -0.3 is 14.6 Å². The van der Waals surface area contributed by atoms with Crippen LogP contribution in [0.3, 0.4) is 0 Å². The molecule has 1 atom stereocenters. The molecule has 0 bridgehead atoms. The van der Waals surface area contributed by atoms with Crippen molar-refractivity contribution in [2.45, 2.75) is 43.7 Å². The number of halogens is 1. The standard InChI is InChI=1S/C21H21ClN4O2S2/c1-12-13(2)26(10-15-4-3-7-28-15)20(16(12)9-23)25-19(27)11-29-21-24-17-8-14(22)5-6-18(17)30-21/h5-6,8,15H,3-4,7,10-11H2,1-2H3,(H,25,27)/t15-/m0/s1. The van der Waals surface area contributed by atoms with Crippen molar-refractivity contribution < 1.29 is 9.53 Å². The van der Waals surface area contributed by atoms with E-state index in [4.69, 9.17) is 16.3 Å². The first-order valence-electron chi connectivity index (χ1n) is 9.66. The number of aromatic nitrogens is 2. The molecule has 1 N–H and O–H groups in total. The quantitative estimate of drug-likeness (QED) is 0.514. The highest BCUT2D eigenvalue weighted by Gasteiger charge is 2.24. The van der Waals surface area contributed by atoms with Gasteiger partial charge in [-0.3, -0.25) is 4.79 Å². The van der Waals surface area contributed by atoms with Crippen molar-refractivity contribution in [2.24, 2.45) is 0 Å². The zero-order valence-corrected chi connectivity index (χ0v) is 19.1. The lowest BCUT2D eigenvalue weighted by Gasteiger charge is -2.16. The molecular formula is C21H21ClN4O2S2. The maximum atomic E-state index is 12.7. The van der Waals surface area contributed by atoms with Crippen LogP contribution >= 0.6 is 34.7 Å². The van der Waals surface area contributed by atoms with Gasteiger partial charge in [-0.05, 0) is 50.5 Å². The van der Waals surface area contributed by atoms with Crippen molar-refractivity contribution in [3.63, 3.8) is 0 Å². The molecule has 0 saturated carbocycles. The molecule has 6 nitrogen and oxygen atoms in total. The van der Waals surface area contributed by atoms with Gasteiger partial charge in [0, 0.05) is 17.3 Å². The Balaban J connectivity index is 1.48. The zero-order chi connectivity index (χ0) is 21.3. The summed E-state index contributed by atoms with van der Waals surface area (Å²) in [6, 6.07) is 7.83. The number of rotatable bonds is 6. The van der Waals surface area contributed by atoms with Crippen LogP contribution in [0, 0.1) is 25.2 Å². The van der Waals surface area contributed by atoms with E-state index in [1.54, 1.807) is 0 Å². The highest BCUT2D eigenvalue weighted by molar-refractivity contribution is 8.01. The third-order valence-electron chi connectivity index (χ3n) is 5.27. The van der Waals surface area contributed by atoms with Gasteiger partial charge in [-0.2, -0.15) is 5.26 Å². The highest BCUT2D eigenvalue weighted by atomic mass is 35.5. The molecule has 4 rings (SSSR count). The van der Waals surface area contributed by atoms with Crippen LogP contribution in [-0.4, -0.2) is 33.9 Å². The lowest BCUT2D eigenvalue weighted by molar-refractivity contribution is -0.113. The van der Waals surface area contributed by atoms with E-state index in [0.29, 0.717) is 22.9 Å². The molecule has 1 aliphatic rings. The summed E-state index contributed by atoms with van der Waals surface area (Å²) in [5.41, 5.74) is 3.21. The number of nitrogens with zero attached hydrogens (tertiary/aromatic N) is 3. The maximum Gasteiger partial charge on any atom is 0.235 e. The van der Waals surface area contributed by atoms with Gasteiger partial charge in [0.2, 0.25) is 5.91 Å². The number of nitrogens with one attached hydrogen (secondary N) is 1. The van der Waals surface area contributed by atoms with E-state index in [1.807, 2.05) is 36.6 Å². The van der Waals surface area contributed by atoms with Gasteiger partial charge >= 0.3 is 0 Å². The number of thiazole rings is 1. The minimum atomic E-state index is -0.167. The molecule has 0 spiro atoms. The van der Waals surface area contributed by atoms with E-state index in [0.717, 1.165) is 45.3 Å². The smallest absolute Gasteiger partial charge is 0.235 e. The maximum absolute atomic E-state index is 12.7. The topological polar surface area (TPSA) is 79.9 Å². The van der Waals surface area contributed by atoms with Gasteiger partial charge in [-0.25, -0.2) is 4.98 Å². The Morgan fingerprint density at radius 1 is 1.50 bits per heavy atom. The molecule has 1 aromatic carbocycles. The van der Waals surface area contributed by atoms with Crippen LogP contribution in [0.2, 0.25) is 5.02 Å². The number of carbonyl (C=O) groups excluding carboxylic acids is 1. The molecule has 9 heteroatoms. The zero-order valence-electron chi connectivity index (χ0n) is 16.7. The van der Waals surface area contributed by atoms with Crippen LogP contribution in [0.15, 0.2) is 22.5 Å². The van der Waals surface area contributed by atoms with Crippen molar-refractivity contribution in [1.82, 2.24) is 9.55 Å². The Kier molecular flexibility index (Phi) is 6.34. The van der Waals surface area contributed by atoms with Crippen LogP contribution in [0.1, 0.15) is 29.7 Å². The summed E-state index contributed by atoms with van der Waals surface area (Å²) in [5.74, 6) is 0.603. The van der Waals surface area contributed by atoms with E-state index in [9.17, 15) is 10.1 Å². The Hall–Kier alpha value is -2.05. The van der Waals surface area contributed by atoms with Crippen molar-refractivity contribution in [3.05, 3.63) is 40.0 Å². The summed E-state index contributed by atoms with van der Waals surface area (Å²) in [7, 11) is 0. The summed E-state index contributed by atoms with van der Waals surface area (Å²) in [6.07, 6.45) is 2.14. The normalized spacial score (nSPS) is 16.1. The highest BCUT2D eigenvalue weighted by Crippen LogP contribution is 2.32. The van der Waals surface area contributed by atoms with E-state index < -0.39 is 0 Å². The minimum Gasteiger partial charge on any atom is -0.376 e. The molecule has 1 fully saturated rings. The second-order valence-corrected chi connectivity index (χ2v) is 9.91. The van der Waals surface area contributed by atoms with Gasteiger partial charge in [0.25, 0.3) is 0 Å². The van der Waals surface area contributed by atoms with Crippen molar-refractivity contribution in [1.29, 1.82) is 5.26 Å². The minimum absolute atomic E-state index is 0.113. The molecule has 1 saturated heterocycles. The number of hydrogen-bond acceptors (Lipinski definition) is 6. The number of benzene rings is 1. The Labute approximate surface area is 188 Å². The summed E-state index contributed by atoms with van der Waals surface area (Å²) in [5, 5.41) is 13.3. The number of fused-ring (bicyclic) bond motifs is 1. The summed E-state index contributed by atoms with van der Waals surface area (Å²) in [6.45, 7) is 5.29. The number of amides is 1. The van der Waals surface area contributed by atoms with Gasteiger partial charge in [0.1, 0.15) is 11.9 Å². The molecule has 1 amide bonds. The van der Waals surface area contributed by atoms with Crippen LogP contribution in [0.4, 0.5) is 5.82 Å². The molecule has 30 heavy (non-hydrogen) atoms. The fourth-order valence-corrected chi connectivity index (χ4v) is 5.60. The molecular weight excluding hydrogens is 440 g/mol. The van der Waals surface area contributed by atoms with Crippen LogP contribution in [0.5, 0.6) is 0 Å². The van der Waals surface area contributed by atoms with E-state index in [-0.39, 0.29) is 17.8 Å². The number of nitriles is 1. The van der Waals surface area contributed by atoms with Crippen molar-refractivity contribution in [3.8, 4) is 6.07 Å². The molecule has 1 aliphatic heterocycles. The molecule has 156 valence electrons.